The Morgan fingerprint density at radius 2 is 1.64 bits per heavy atom. The lowest BCUT2D eigenvalue weighted by Gasteiger charge is -2.18. The highest BCUT2D eigenvalue weighted by molar-refractivity contribution is 5.93. The summed E-state index contributed by atoms with van der Waals surface area (Å²) in [7, 11) is 1.97. The molecular formula is C28H30N4O. The second-order valence-electron chi connectivity index (χ2n) is 8.33. The van der Waals surface area contributed by atoms with Crippen molar-refractivity contribution < 1.29 is 4.79 Å². The van der Waals surface area contributed by atoms with Crippen LogP contribution in [0.15, 0.2) is 85.1 Å². The van der Waals surface area contributed by atoms with E-state index in [0.29, 0.717) is 13.1 Å². The summed E-state index contributed by atoms with van der Waals surface area (Å²) < 4.78 is 1.91. The van der Waals surface area contributed by atoms with E-state index in [1.165, 1.54) is 0 Å². The molecule has 0 spiro atoms. The summed E-state index contributed by atoms with van der Waals surface area (Å²) in [5, 5.41) is 8.00. The minimum atomic E-state index is -0.0155. The molecule has 0 aliphatic carbocycles. The first-order valence-corrected chi connectivity index (χ1v) is 11.3. The van der Waals surface area contributed by atoms with Gasteiger partial charge in [-0.05, 0) is 43.7 Å². The van der Waals surface area contributed by atoms with Crippen molar-refractivity contribution in [1.82, 2.24) is 14.7 Å². The molecule has 0 aliphatic rings. The Morgan fingerprint density at radius 1 is 0.939 bits per heavy atom. The summed E-state index contributed by atoms with van der Waals surface area (Å²) in [6, 6.07) is 26.4. The molecule has 1 amide bonds. The standard InChI is InChI=1S/C28H30N4O/c1-4-22-15-11-12-21(2)27(22)29-26(33)20-31(3)18-24-19-32(25-16-9-6-10-17-25)30-28(24)23-13-7-5-8-14-23/h5-17,19H,4,18,20H2,1-3H3,(H,29,33). The Kier molecular flexibility index (Phi) is 7.01. The van der Waals surface area contributed by atoms with Gasteiger partial charge in [0.15, 0.2) is 0 Å². The maximum atomic E-state index is 12.8. The van der Waals surface area contributed by atoms with Crippen LogP contribution in [-0.4, -0.2) is 34.2 Å². The number of nitrogens with one attached hydrogen (secondary N) is 1. The topological polar surface area (TPSA) is 50.2 Å². The third kappa shape index (κ3) is 5.38. The number of nitrogens with zero attached hydrogens (tertiary/aromatic N) is 3. The molecule has 0 bridgehead atoms. The number of aryl methyl sites for hydroxylation is 2. The predicted molar refractivity (Wildman–Crippen MR) is 135 cm³/mol. The van der Waals surface area contributed by atoms with Gasteiger partial charge >= 0.3 is 0 Å². The van der Waals surface area contributed by atoms with E-state index in [1.54, 1.807) is 0 Å². The average Bonchev–Trinajstić information content (AvgIpc) is 3.25. The first-order valence-electron chi connectivity index (χ1n) is 11.3. The minimum Gasteiger partial charge on any atom is -0.324 e. The molecule has 0 saturated heterocycles. The molecule has 168 valence electrons. The van der Waals surface area contributed by atoms with Gasteiger partial charge in [-0.25, -0.2) is 4.68 Å². The third-order valence-electron chi connectivity index (χ3n) is 5.72. The zero-order valence-electron chi connectivity index (χ0n) is 19.5. The smallest absolute Gasteiger partial charge is 0.238 e. The second-order valence-corrected chi connectivity index (χ2v) is 8.33. The molecule has 1 N–H and O–H groups in total. The van der Waals surface area contributed by atoms with Crippen molar-refractivity contribution in [2.45, 2.75) is 26.8 Å². The molecule has 5 heteroatoms. The summed E-state index contributed by atoms with van der Waals surface area (Å²) in [6.07, 6.45) is 2.94. The highest BCUT2D eigenvalue weighted by atomic mass is 16.2. The summed E-state index contributed by atoms with van der Waals surface area (Å²) in [5.74, 6) is -0.0155. The number of hydrogen-bond acceptors (Lipinski definition) is 3. The summed E-state index contributed by atoms with van der Waals surface area (Å²) >= 11 is 0. The van der Waals surface area contributed by atoms with E-state index in [2.05, 4.69) is 36.6 Å². The normalized spacial score (nSPS) is 11.0. The predicted octanol–water partition coefficient (Wildman–Crippen LogP) is 5.48. The maximum Gasteiger partial charge on any atom is 0.238 e. The molecular weight excluding hydrogens is 408 g/mol. The number of hydrogen-bond donors (Lipinski definition) is 1. The van der Waals surface area contributed by atoms with Crippen LogP contribution in [0.1, 0.15) is 23.6 Å². The zero-order chi connectivity index (χ0) is 23.2. The first-order chi connectivity index (χ1) is 16.0. The molecule has 33 heavy (non-hydrogen) atoms. The van der Waals surface area contributed by atoms with Gasteiger partial charge in [0.2, 0.25) is 5.91 Å². The SMILES string of the molecule is CCc1cccc(C)c1NC(=O)CN(C)Cc1cn(-c2ccccc2)nc1-c1ccccc1. The van der Waals surface area contributed by atoms with Gasteiger partial charge in [-0.2, -0.15) is 5.10 Å². The van der Waals surface area contributed by atoms with E-state index >= 15 is 0 Å². The van der Waals surface area contributed by atoms with E-state index in [4.69, 9.17) is 5.10 Å². The van der Waals surface area contributed by atoms with Crippen LogP contribution in [0.5, 0.6) is 0 Å². The molecule has 0 aliphatic heterocycles. The van der Waals surface area contributed by atoms with Gasteiger partial charge in [0.05, 0.1) is 17.9 Å². The molecule has 0 unspecified atom stereocenters. The van der Waals surface area contributed by atoms with Crippen LogP contribution in [0.3, 0.4) is 0 Å². The highest BCUT2D eigenvalue weighted by Crippen LogP contribution is 2.25. The van der Waals surface area contributed by atoms with Crippen LogP contribution < -0.4 is 5.32 Å². The Balaban J connectivity index is 1.53. The lowest BCUT2D eigenvalue weighted by molar-refractivity contribution is -0.117. The number of rotatable bonds is 8. The Morgan fingerprint density at radius 3 is 2.33 bits per heavy atom. The summed E-state index contributed by atoms with van der Waals surface area (Å²) in [4.78, 5) is 14.9. The van der Waals surface area contributed by atoms with Gasteiger partial charge in [0.1, 0.15) is 0 Å². The van der Waals surface area contributed by atoms with Crippen LogP contribution in [0.4, 0.5) is 5.69 Å². The fourth-order valence-electron chi connectivity index (χ4n) is 4.05. The highest BCUT2D eigenvalue weighted by Gasteiger charge is 2.16. The second kappa shape index (κ2) is 10.3. The quantitative estimate of drug-likeness (QED) is 0.396. The minimum absolute atomic E-state index is 0.0155. The molecule has 4 aromatic rings. The molecule has 5 nitrogen and oxygen atoms in total. The van der Waals surface area contributed by atoms with E-state index in [-0.39, 0.29) is 5.91 Å². The fraction of sp³-hybridized carbons (Fsp3) is 0.214. The fourth-order valence-corrected chi connectivity index (χ4v) is 4.05. The zero-order valence-corrected chi connectivity index (χ0v) is 19.5. The van der Waals surface area contributed by atoms with E-state index in [9.17, 15) is 4.79 Å². The van der Waals surface area contributed by atoms with Crippen molar-refractivity contribution >= 4 is 11.6 Å². The van der Waals surface area contributed by atoms with Gasteiger partial charge in [0.25, 0.3) is 0 Å². The van der Waals surface area contributed by atoms with Gasteiger partial charge in [-0.15, -0.1) is 0 Å². The van der Waals surface area contributed by atoms with Crippen molar-refractivity contribution in [1.29, 1.82) is 0 Å². The number of likely N-dealkylation sites (N-methyl/N-ethyl adjacent to an activating group) is 1. The van der Waals surface area contributed by atoms with Gasteiger partial charge in [-0.3, -0.25) is 9.69 Å². The molecule has 0 radical (unpaired) electrons. The molecule has 0 fully saturated rings. The Labute approximate surface area is 195 Å². The molecule has 0 atom stereocenters. The van der Waals surface area contributed by atoms with Crippen LogP contribution in [-0.2, 0) is 17.8 Å². The molecule has 3 aromatic carbocycles. The summed E-state index contributed by atoms with van der Waals surface area (Å²) in [6.45, 7) is 5.04. The van der Waals surface area contributed by atoms with Crippen LogP contribution in [0.2, 0.25) is 0 Å². The van der Waals surface area contributed by atoms with Crippen LogP contribution in [0, 0.1) is 6.92 Å². The number of para-hydroxylation sites is 2. The molecule has 0 saturated carbocycles. The number of carbonyl (C=O) groups excluding carboxylic acids is 1. The van der Waals surface area contributed by atoms with Crippen molar-refractivity contribution in [3.63, 3.8) is 0 Å². The van der Waals surface area contributed by atoms with E-state index in [1.807, 2.05) is 84.2 Å². The Bertz CT molecular complexity index is 1220. The first kappa shape index (κ1) is 22.5. The van der Waals surface area contributed by atoms with Crippen molar-refractivity contribution in [2.24, 2.45) is 0 Å². The average molecular weight is 439 g/mol. The molecule has 1 aromatic heterocycles. The van der Waals surface area contributed by atoms with Gasteiger partial charge < -0.3 is 5.32 Å². The lowest BCUT2D eigenvalue weighted by Crippen LogP contribution is -2.30. The third-order valence-corrected chi connectivity index (χ3v) is 5.72. The lowest BCUT2D eigenvalue weighted by atomic mass is 10.1. The summed E-state index contributed by atoms with van der Waals surface area (Å²) in [5.41, 5.74) is 7.24. The van der Waals surface area contributed by atoms with Crippen LogP contribution in [0.25, 0.3) is 16.9 Å². The number of benzene rings is 3. The molecule has 4 rings (SSSR count). The van der Waals surface area contributed by atoms with E-state index < -0.39 is 0 Å². The number of aromatic nitrogens is 2. The number of anilines is 1. The monoisotopic (exact) mass is 438 g/mol. The largest absolute Gasteiger partial charge is 0.324 e. The van der Waals surface area contributed by atoms with Crippen molar-refractivity contribution in [3.8, 4) is 16.9 Å². The number of amides is 1. The van der Waals surface area contributed by atoms with Gasteiger partial charge in [-0.1, -0.05) is 73.7 Å². The Hall–Kier alpha value is -3.70. The van der Waals surface area contributed by atoms with Crippen molar-refractivity contribution in [2.75, 3.05) is 18.9 Å². The van der Waals surface area contributed by atoms with Gasteiger partial charge in [0, 0.05) is 29.6 Å². The van der Waals surface area contributed by atoms with Crippen LogP contribution >= 0.6 is 0 Å². The number of carbonyl (C=O) groups is 1. The maximum absolute atomic E-state index is 12.8. The van der Waals surface area contributed by atoms with E-state index in [0.717, 1.165) is 45.7 Å². The molecule has 1 heterocycles. The van der Waals surface area contributed by atoms with Crippen molar-refractivity contribution in [3.05, 3.63) is 102 Å².